The number of aryl methyl sites for hydroxylation is 1. The van der Waals surface area contributed by atoms with Gasteiger partial charge < -0.3 is 9.26 Å². The van der Waals surface area contributed by atoms with Crippen LogP contribution in [0.5, 0.6) is 0 Å². The van der Waals surface area contributed by atoms with Gasteiger partial charge in [0, 0.05) is 9.40 Å². The molecule has 0 spiro atoms. The SMILES string of the molecule is Cc1onc(-c2cc3sc(Br)cc3s2)c1NC(=O)OC(C)c1ccccc1. The van der Waals surface area contributed by atoms with Crippen molar-refractivity contribution in [1.82, 2.24) is 5.16 Å². The van der Waals surface area contributed by atoms with Crippen molar-refractivity contribution in [2.24, 2.45) is 0 Å². The Labute approximate surface area is 172 Å². The van der Waals surface area contributed by atoms with Crippen molar-refractivity contribution >= 4 is 59.8 Å². The zero-order valence-electron chi connectivity index (χ0n) is 14.5. The molecule has 3 heterocycles. The molecule has 5 nitrogen and oxygen atoms in total. The number of halogens is 1. The lowest BCUT2D eigenvalue weighted by Crippen LogP contribution is -2.16. The van der Waals surface area contributed by atoms with E-state index in [1.807, 2.05) is 37.3 Å². The first-order valence-corrected chi connectivity index (χ1v) is 10.6. The topological polar surface area (TPSA) is 64.4 Å². The predicted molar refractivity (Wildman–Crippen MR) is 113 cm³/mol. The Morgan fingerprint density at radius 3 is 2.70 bits per heavy atom. The van der Waals surface area contributed by atoms with Gasteiger partial charge in [-0.3, -0.25) is 5.32 Å². The van der Waals surface area contributed by atoms with Crippen molar-refractivity contribution in [3.63, 3.8) is 0 Å². The normalized spacial score (nSPS) is 12.3. The molecular formula is C19H15BrN2O3S2. The highest BCUT2D eigenvalue weighted by Gasteiger charge is 2.21. The molecule has 0 radical (unpaired) electrons. The molecule has 0 aliphatic carbocycles. The number of nitrogens with zero attached hydrogens (tertiary/aromatic N) is 1. The van der Waals surface area contributed by atoms with Crippen molar-refractivity contribution < 1.29 is 14.1 Å². The molecule has 3 aromatic heterocycles. The van der Waals surface area contributed by atoms with Gasteiger partial charge in [0.1, 0.15) is 17.5 Å². The zero-order chi connectivity index (χ0) is 19.0. The summed E-state index contributed by atoms with van der Waals surface area (Å²) in [6.45, 7) is 3.60. The van der Waals surface area contributed by atoms with Crippen LogP contribution in [0.25, 0.3) is 20.0 Å². The minimum atomic E-state index is -0.542. The number of rotatable bonds is 4. The highest BCUT2D eigenvalue weighted by atomic mass is 79.9. The summed E-state index contributed by atoms with van der Waals surface area (Å²) in [5, 5.41) is 6.92. The summed E-state index contributed by atoms with van der Waals surface area (Å²) in [5.74, 6) is 0.534. The standard InChI is InChI=1S/C19H15BrN2O3S2/c1-10(12-6-4-3-5-7-12)24-19(23)21-17-11(2)25-22-18(17)15-8-13-14(26-15)9-16(20)27-13/h3-10H,1-2H3,(H,21,23). The van der Waals surface area contributed by atoms with Crippen molar-refractivity contribution in [1.29, 1.82) is 0 Å². The van der Waals surface area contributed by atoms with E-state index in [-0.39, 0.29) is 6.10 Å². The zero-order valence-corrected chi connectivity index (χ0v) is 17.7. The largest absolute Gasteiger partial charge is 0.441 e. The van der Waals surface area contributed by atoms with Crippen LogP contribution in [0.4, 0.5) is 10.5 Å². The molecule has 1 amide bonds. The van der Waals surface area contributed by atoms with Gasteiger partial charge in [0.05, 0.1) is 8.66 Å². The Morgan fingerprint density at radius 1 is 1.22 bits per heavy atom. The van der Waals surface area contributed by atoms with E-state index in [1.165, 1.54) is 0 Å². The summed E-state index contributed by atoms with van der Waals surface area (Å²) < 4.78 is 14.2. The molecule has 1 atom stereocenters. The minimum Gasteiger partial charge on any atom is -0.441 e. The molecule has 0 bridgehead atoms. The number of thiophene rings is 2. The molecule has 4 aromatic rings. The number of carbonyl (C=O) groups is 1. The third-order valence-electron chi connectivity index (χ3n) is 4.05. The Bertz CT molecular complexity index is 1070. The molecule has 0 aliphatic rings. The van der Waals surface area contributed by atoms with Gasteiger partial charge >= 0.3 is 6.09 Å². The second-order valence-electron chi connectivity index (χ2n) is 5.94. The maximum absolute atomic E-state index is 12.4. The summed E-state index contributed by atoms with van der Waals surface area (Å²) >= 11 is 6.75. The van der Waals surface area contributed by atoms with E-state index >= 15 is 0 Å². The lowest BCUT2D eigenvalue weighted by Gasteiger charge is -2.14. The van der Waals surface area contributed by atoms with Gasteiger partial charge in [0.2, 0.25) is 0 Å². The maximum Gasteiger partial charge on any atom is 0.412 e. The Balaban J connectivity index is 1.54. The van der Waals surface area contributed by atoms with Crippen molar-refractivity contribution in [2.75, 3.05) is 5.32 Å². The summed E-state index contributed by atoms with van der Waals surface area (Å²) in [7, 11) is 0. The number of amides is 1. The van der Waals surface area contributed by atoms with Crippen LogP contribution in [-0.4, -0.2) is 11.2 Å². The summed E-state index contributed by atoms with van der Waals surface area (Å²) in [4.78, 5) is 13.3. The van der Waals surface area contributed by atoms with Crippen LogP contribution in [0.1, 0.15) is 24.4 Å². The maximum atomic E-state index is 12.4. The van der Waals surface area contributed by atoms with E-state index in [9.17, 15) is 4.79 Å². The molecule has 0 saturated heterocycles. The average molecular weight is 463 g/mol. The van der Waals surface area contributed by atoms with E-state index in [2.05, 4.69) is 38.5 Å². The van der Waals surface area contributed by atoms with Crippen LogP contribution in [0.15, 0.2) is 50.8 Å². The number of hydrogen-bond donors (Lipinski definition) is 1. The summed E-state index contributed by atoms with van der Waals surface area (Å²) in [5.41, 5.74) is 2.08. The number of anilines is 1. The first kappa shape index (κ1) is 18.2. The number of hydrogen-bond acceptors (Lipinski definition) is 6. The number of ether oxygens (including phenoxy) is 1. The van der Waals surface area contributed by atoms with Crippen molar-refractivity contribution in [2.45, 2.75) is 20.0 Å². The van der Waals surface area contributed by atoms with E-state index < -0.39 is 6.09 Å². The van der Waals surface area contributed by atoms with Gasteiger partial charge in [0.15, 0.2) is 5.76 Å². The molecule has 0 fully saturated rings. The fourth-order valence-electron chi connectivity index (χ4n) is 2.69. The average Bonchev–Trinajstić information content (AvgIpc) is 3.29. The van der Waals surface area contributed by atoms with Gasteiger partial charge in [-0.15, -0.1) is 22.7 Å². The minimum absolute atomic E-state index is 0.362. The van der Waals surface area contributed by atoms with Crippen LogP contribution in [0.3, 0.4) is 0 Å². The second-order valence-corrected chi connectivity index (χ2v) is 9.48. The van der Waals surface area contributed by atoms with Gasteiger partial charge in [-0.1, -0.05) is 35.5 Å². The smallest absolute Gasteiger partial charge is 0.412 e. The molecule has 1 N–H and O–H groups in total. The lowest BCUT2D eigenvalue weighted by molar-refractivity contribution is 0.121. The third-order valence-corrected chi connectivity index (χ3v) is 6.86. The Morgan fingerprint density at radius 2 is 1.96 bits per heavy atom. The van der Waals surface area contributed by atoms with Crippen LogP contribution < -0.4 is 5.32 Å². The van der Waals surface area contributed by atoms with Crippen LogP contribution in [0.2, 0.25) is 0 Å². The fourth-order valence-corrected chi connectivity index (χ4v) is 5.71. The monoisotopic (exact) mass is 462 g/mol. The summed E-state index contributed by atoms with van der Waals surface area (Å²) in [6.07, 6.45) is -0.903. The Kier molecular flexibility index (Phi) is 5.03. The van der Waals surface area contributed by atoms with Gasteiger partial charge in [-0.25, -0.2) is 4.79 Å². The predicted octanol–water partition coefficient (Wildman–Crippen LogP) is 7.00. The van der Waals surface area contributed by atoms with Crippen molar-refractivity contribution in [3.05, 3.63) is 57.6 Å². The molecular weight excluding hydrogens is 448 g/mol. The summed E-state index contributed by atoms with van der Waals surface area (Å²) in [6, 6.07) is 13.7. The van der Waals surface area contributed by atoms with Gasteiger partial charge in [-0.05, 0) is 47.5 Å². The van der Waals surface area contributed by atoms with Crippen LogP contribution >= 0.6 is 38.6 Å². The van der Waals surface area contributed by atoms with E-state index in [4.69, 9.17) is 9.26 Å². The molecule has 8 heteroatoms. The number of nitrogens with one attached hydrogen (secondary N) is 1. The third kappa shape index (κ3) is 3.78. The number of carbonyl (C=O) groups excluding carboxylic acids is 1. The quantitative estimate of drug-likeness (QED) is 0.354. The van der Waals surface area contributed by atoms with Gasteiger partial charge in [0.25, 0.3) is 0 Å². The molecule has 1 unspecified atom stereocenters. The van der Waals surface area contributed by atoms with Crippen LogP contribution in [0, 0.1) is 6.92 Å². The number of aromatic nitrogens is 1. The highest BCUT2D eigenvalue weighted by molar-refractivity contribution is 9.11. The molecule has 27 heavy (non-hydrogen) atoms. The molecule has 1 aromatic carbocycles. The van der Waals surface area contributed by atoms with E-state index in [0.29, 0.717) is 17.1 Å². The Hall–Kier alpha value is -2.16. The van der Waals surface area contributed by atoms with Crippen LogP contribution in [-0.2, 0) is 4.74 Å². The molecule has 0 aliphatic heterocycles. The second kappa shape index (κ2) is 7.46. The van der Waals surface area contributed by atoms with E-state index in [0.717, 1.165) is 23.6 Å². The first-order chi connectivity index (χ1) is 13.0. The molecule has 0 saturated carbocycles. The van der Waals surface area contributed by atoms with Crippen molar-refractivity contribution in [3.8, 4) is 10.6 Å². The molecule has 138 valence electrons. The lowest BCUT2D eigenvalue weighted by atomic mass is 10.1. The first-order valence-electron chi connectivity index (χ1n) is 8.19. The van der Waals surface area contributed by atoms with Gasteiger partial charge in [-0.2, -0.15) is 0 Å². The number of fused-ring (bicyclic) bond motifs is 1. The number of benzene rings is 1. The molecule has 4 rings (SSSR count). The fraction of sp³-hybridized carbons (Fsp3) is 0.158. The highest BCUT2D eigenvalue weighted by Crippen LogP contribution is 2.42. The van der Waals surface area contributed by atoms with E-state index in [1.54, 1.807) is 29.6 Å².